The molecule has 1 atom stereocenters. The molecular formula is C13H22N2O4S2. The molecule has 0 aromatic heterocycles. The molecule has 0 saturated heterocycles. The number of primary sulfonamides is 1. The number of sulfonamides is 2. The van der Waals surface area contributed by atoms with Gasteiger partial charge in [0.05, 0.1) is 9.79 Å². The van der Waals surface area contributed by atoms with Crippen LogP contribution >= 0.6 is 0 Å². The maximum absolute atomic E-state index is 12.2. The van der Waals surface area contributed by atoms with Gasteiger partial charge in [0.2, 0.25) is 20.0 Å². The molecule has 6 nitrogen and oxygen atoms in total. The Morgan fingerprint density at radius 1 is 1.05 bits per heavy atom. The Hall–Kier alpha value is -0.960. The molecule has 0 aliphatic carbocycles. The van der Waals surface area contributed by atoms with E-state index in [1.54, 1.807) is 6.92 Å². The summed E-state index contributed by atoms with van der Waals surface area (Å²) in [6.07, 6.45) is 1.62. The molecule has 0 amide bonds. The largest absolute Gasteiger partial charge is 0.240 e. The van der Waals surface area contributed by atoms with Crippen LogP contribution in [0.5, 0.6) is 0 Å². The zero-order valence-electron chi connectivity index (χ0n) is 12.4. The van der Waals surface area contributed by atoms with E-state index in [0.717, 1.165) is 12.5 Å². The fourth-order valence-corrected chi connectivity index (χ4v) is 3.75. The van der Waals surface area contributed by atoms with Crippen LogP contribution in [0.15, 0.2) is 34.1 Å². The third-order valence-electron chi connectivity index (χ3n) is 2.98. The molecule has 0 heterocycles. The van der Waals surface area contributed by atoms with E-state index in [9.17, 15) is 16.8 Å². The first-order chi connectivity index (χ1) is 9.52. The molecule has 0 aliphatic rings. The second-order valence-electron chi connectivity index (χ2n) is 5.51. The average molecular weight is 334 g/mol. The second-order valence-corrected chi connectivity index (χ2v) is 8.79. The third-order valence-corrected chi connectivity index (χ3v) is 5.48. The standard InChI is InChI=1S/C13H22N2O4S2/c1-10(2)7-8-11(3)15-21(18,19)13-6-4-5-12(9-13)20(14,16)17/h4-6,9-11,15H,7-8H2,1-3H3,(H2,14,16,17)/t11-/m1/s1. The topological polar surface area (TPSA) is 106 Å². The highest BCUT2D eigenvalue weighted by atomic mass is 32.2. The Morgan fingerprint density at radius 2 is 1.62 bits per heavy atom. The van der Waals surface area contributed by atoms with Crippen LogP contribution in [-0.4, -0.2) is 22.9 Å². The molecule has 1 rings (SSSR count). The highest BCUT2D eigenvalue weighted by molar-refractivity contribution is 7.90. The zero-order valence-corrected chi connectivity index (χ0v) is 14.0. The van der Waals surface area contributed by atoms with Gasteiger partial charge in [-0.2, -0.15) is 0 Å². The molecule has 3 N–H and O–H groups in total. The first-order valence-corrected chi connectivity index (χ1v) is 9.70. The lowest BCUT2D eigenvalue weighted by Gasteiger charge is -2.15. The van der Waals surface area contributed by atoms with Crippen LogP contribution in [0.2, 0.25) is 0 Å². The van der Waals surface area contributed by atoms with Gasteiger partial charge in [-0.3, -0.25) is 0 Å². The Labute approximate surface area is 126 Å². The van der Waals surface area contributed by atoms with Crippen LogP contribution in [-0.2, 0) is 20.0 Å². The van der Waals surface area contributed by atoms with Gasteiger partial charge in [0.15, 0.2) is 0 Å². The summed E-state index contributed by atoms with van der Waals surface area (Å²) < 4.78 is 49.5. The van der Waals surface area contributed by atoms with Gasteiger partial charge in [-0.05, 0) is 43.9 Å². The third kappa shape index (κ3) is 5.74. The number of nitrogens with two attached hydrogens (primary N) is 1. The number of hydrogen-bond acceptors (Lipinski definition) is 4. The summed E-state index contributed by atoms with van der Waals surface area (Å²) in [7, 11) is -7.69. The van der Waals surface area contributed by atoms with Gasteiger partial charge in [0.25, 0.3) is 0 Å². The molecule has 0 spiro atoms. The van der Waals surface area contributed by atoms with Crippen LogP contribution < -0.4 is 9.86 Å². The molecule has 21 heavy (non-hydrogen) atoms. The lowest BCUT2D eigenvalue weighted by molar-refractivity contribution is 0.485. The fraction of sp³-hybridized carbons (Fsp3) is 0.538. The Balaban J connectivity index is 2.93. The SMILES string of the molecule is CC(C)CC[C@@H](C)NS(=O)(=O)c1cccc(S(N)(=O)=O)c1. The van der Waals surface area contributed by atoms with Gasteiger partial charge in [-0.1, -0.05) is 19.9 Å². The fourth-order valence-electron chi connectivity index (χ4n) is 1.79. The van der Waals surface area contributed by atoms with Crippen molar-refractivity contribution in [2.75, 3.05) is 0 Å². The Morgan fingerprint density at radius 3 is 2.14 bits per heavy atom. The van der Waals surface area contributed by atoms with E-state index in [1.807, 2.05) is 0 Å². The van der Waals surface area contributed by atoms with Gasteiger partial charge in [-0.25, -0.2) is 26.7 Å². The average Bonchev–Trinajstić information content (AvgIpc) is 2.35. The summed E-state index contributed by atoms with van der Waals surface area (Å²) in [6, 6.07) is 4.79. The Kier molecular flexibility index (Phi) is 5.92. The molecular weight excluding hydrogens is 312 g/mol. The molecule has 1 aromatic rings. The monoisotopic (exact) mass is 334 g/mol. The summed E-state index contributed by atoms with van der Waals surface area (Å²) >= 11 is 0. The van der Waals surface area contributed by atoms with E-state index in [0.29, 0.717) is 12.3 Å². The van der Waals surface area contributed by atoms with Crippen LogP contribution in [0.4, 0.5) is 0 Å². The van der Waals surface area contributed by atoms with Crippen LogP contribution in [0.3, 0.4) is 0 Å². The highest BCUT2D eigenvalue weighted by Crippen LogP contribution is 2.16. The minimum atomic E-state index is -3.93. The maximum Gasteiger partial charge on any atom is 0.240 e. The zero-order chi connectivity index (χ0) is 16.3. The summed E-state index contributed by atoms with van der Waals surface area (Å²) in [5.74, 6) is 0.489. The first-order valence-electron chi connectivity index (χ1n) is 6.67. The summed E-state index contributed by atoms with van der Waals surface area (Å²) in [6.45, 7) is 5.91. The van der Waals surface area contributed by atoms with E-state index in [1.165, 1.54) is 18.2 Å². The van der Waals surface area contributed by atoms with Crippen molar-refractivity contribution in [3.05, 3.63) is 24.3 Å². The maximum atomic E-state index is 12.2. The quantitative estimate of drug-likeness (QED) is 0.786. The molecule has 0 fully saturated rings. The van der Waals surface area contributed by atoms with Crippen molar-refractivity contribution in [1.82, 2.24) is 4.72 Å². The normalized spacial score (nSPS) is 14.3. The van der Waals surface area contributed by atoms with Gasteiger partial charge >= 0.3 is 0 Å². The predicted octanol–water partition coefficient (Wildman–Crippen LogP) is 1.44. The lowest BCUT2D eigenvalue weighted by atomic mass is 10.1. The summed E-state index contributed by atoms with van der Waals surface area (Å²) in [4.78, 5) is -0.328. The van der Waals surface area contributed by atoms with Crippen molar-refractivity contribution in [3.63, 3.8) is 0 Å². The minimum Gasteiger partial charge on any atom is -0.225 e. The van der Waals surface area contributed by atoms with Crippen molar-refractivity contribution in [1.29, 1.82) is 0 Å². The molecule has 0 radical (unpaired) electrons. The van der Waals surface area contributed by atoms with Crippen LogP contribution in [0.1, 0.15) is 33.6 Å². The van der Waals surface area contributed by atoms with Crippen molar-refractivity contribution >= 4 is 20.0 Å². The van der Waals surface area contributed by atoms with Crippen LogP contribution in [0, 0.1) is 5.92 Å². The van der Waals surface area contributed by atoms with E-state index in [-0.39, 0.29) is 15.8 Å². The minimum absolute atomic E-state index is 0.106. The number of benzene rings is 1. The predicted molar refractivity (Wildman–Crippen MR) is 81.7 cm³/mol. The van der Waals surface area contributed by atoms with E-state index >= 15 is 0 Å². The molecule has 1 aromatic carbocycles. The van der Waals surface area contributed by atoms with E-state index in [2.05, 4.69) is 18.6 Å². The molecule has 0 aliphatic heterocycles. The van der Waals surface area contributed by atoms with Gasteiger partial charge in [-0.15, -0.1) is 0 Å². The van der Waals surface area contributed by atoms with Crippen molar-refractivity contribution in [2.24, 2.45) is 11.1 Å². The van der Waals surface area contributed by atoms with Gasteiger partial charge in [0.1, 0.15) is 0 Å². The Bertz CT molecular complexity index is 682. The smallest absolute Gasteiger partial charge is 0.225 e. The van der Waals surface area contributed by atoms with Crippen molar-refractivity contribution < 1.29 is 16.8 Å². The summed E-state index contributed by atoms with van der Waals surface area (Å²) in [5.41, 5.74) is 0. The van der Waals surface area contributed by atoms with Crippen LogP contribution in [0.25, 0.3) is 0 Å². The second kappa shape index (κ2) is 6.87. The number of hydrogen-bond donors (Lipinski definition) is 2. The van der Waals surface area contributed by atoms with Gasteiger partial charge < -0.3 is 0 Å². The molecule has 0 saturated carbocycles. The van der Waals surface area contributed by atoms with Crippen molar-refractivity contribution in [3.8, 4) is 0 Å². The molecule has 0 unspecified atom stereocenters. The molecule has 8 heteroatoms. The van der Waals surface area contributed by atoms with E-state index in [4.69, 9.17) is 5.14 Å². The molecule has 120 valence electrons. The highest BCUT2D eigenvalue weighted by Gasteiger charge is 2.19. The first kappa shape index (κ1) is 18.1. The summed E-state index contributed by atoms with van der Waals surface area (Å²) in [5, 5.41) is 5.01. The number of nitrogens with one attached hydrogen (secondary N) is 1. The lowest BCUT2D eigenvalue weighted by Crippen LogP contribution is -2.33. The van der Waals surface area contributed by atoms with Gasteiger partial charge in [0, 0.05) is 6.04 Å². The van der Waals surface area contributed by atoms with E-state index < -0.39 is 20.0 Å². The molecule has 0 bridgehead atoms. The van der Waals surface area contributed by atoms with Crippen molar-refractivity contribution in [2.45, 2.75) is 49.4 Å². The number of rotatable bonds is 7.